The summed E-state index contributed by atoms with van der Waals surface area (Å²) in [5.74, 6) is -0.674. The van der Waals surface area contributed by atoms with E-state index in [1.54, 1.807) is 13.1 Å². The number of aryl methyl sites for hydroxylation is 1. The van der Waals surface area contributed by atoms with E-state index in [1.165, 1.54) is 23.3 Å². The maximum absolute atomic E-state index is 11.8. The number of anilines is 1. The number of hydrogen-bond donors (Lipinski definition) is 1. The van der Waals surface area contributed by atoms with Crippen LogP contribution in [0.5, 0.6) is 0 Å². The first-order valence-corrected chi connectivity index (χ1v) is 5.45. The number of nitrogens with zero attached hydrogens (tertiary/aromatic N) is 1. The van der Waals surface area contributed by atoms with Crippen LogP contribution < -0.4 is 5.73 Å². The van der Waals surface area contributed by atoms with Crippen LogP contribution in [0.4, 0.5) is 5.69 Å². The monoisotopic (exact) mass is 242 g/mol. The molecule has 0 bridgehead atoms. The molecule has 0 radical (unpaired) electrons. The van der Waals surface area contributed by atoms with Crippen molar-refractivity contribution in [1.82, 2.24) is 4.90 Å². The Bertz CT molecular complexity index is 395. The van der Waals surface area contributed by atoms with E-state index in [4.69, 9.17) is 5.73 Å². The lowest BCUT2D eigenvalue weighted by Crippen LogP contribution is -2.32. The highest BCUT2D eigenvalue weighted by atomic mass is 32.1. The van der Waals surface area contributed by atoms with Crippen LogP contribution in [0.25, 0.3) is 0 Å². The summed E-state index contributed by atoms with van der Waals surface area (Å²) < 4.78 is 4.48. The zero-order valence-corrected chi connectivity index (χ0v) is 10.3. The molecule has 0 aliphatic carbocycles. The first-order valence-electron chi connectivity index (χ1n) is 4.64. The van der Waals surface area contributed by atoms with Crippen LogP contribution in [0.1, 0.15) is 14.5 Å². The molecule has 0 aromatic carbocycles. The van der Waals surface area contributed by atoms with Gasteiger partial charge in [-0.3, -0.25) is 9.59 Å². The van der Waals surface area contributed by atoms with Crippen molar-refractivity contribution in [3.05, 3.63) is 15.8 Å². The molecule has 5 nitrogen and oxygen atoms in total. The van der Waals surface area contributed by atoms with Gasteiger partial charge in [0.15, 0.2) is 0 Å². The van der Waals surface area contributed by atoms with Crippen LogP contribution in [0.2, 0.25) is 0 Å². The number of esters is 1. The molecule has 1 rings (SSSR count). The first kappa shape index (κ1) is 12.5. The van der Waals surface area contributed by atoms with E-state index in [2.05, 4.69) is 4.74 Å². The van der Waals surface area contributed by atoms with Crippen molar-refractivity contribution in [3.8, 4) is 0 Å². The zero-order valence-electron chi connectivity index (χ0n) is 9.44. The third-order valence-electron chi connectivity index (χ3n) is 2.11. The van der Waals surface area contributed by atoms with Gasteiger partial charge in [-0.2, -0.15) is 0 Å². The van der Waals surface area contributed by atoms with Crippen LogP contribution in [-0.4, -0.2) is 37.5 Å². The fraction of sp³-hybridized carbons (Fsp3) is 0.400. The number of nitrogens with two attached hydrogens (primary N) is 1. The molecule has 0 fully saturated rings. The normalized spacial score (nSPS) is 9.94. The molecule has 6 heteroatoms. The molecule has 0 unspecified atom stereocenters. The Morgan fingerprint density at radius 1 is 1.56 bits per heavy atom. The predicted molar refractivity (Wildman–Crippen MR) is 62.4 cm³/mol. The molecule has 1 amide bonds. The largest absolute Gasteiger partial charge is 0.468 e. The van der Waals surface area contributed by atoms with Gasteiger partial charge in [-0.15, -0.1) is 11.3 Å². The van der Waals surface area contributed by atoms with Crippen LogP contribution in [0, 0.1) is 6.92 Å². The molecule has 2 N–H and O–H groups in total. The molecule has 1 heterocycles. The van der Waals surface area contributed by atoms with Crippen molar-refractivity contribution in [2.45, 2.75) is 6.92 Å². The quantitative estimate of drug-likeness (QED) is 0.799. The van der Waals surface area contributed by atoms with Gasteiger partial charge in [-0.1, -0.05) is 0 Å². The molecule has 16 heavy (non-hydrogen) atoms. The summed E-state index contributed by atoms with van der Waals surface area (Å²) >= 11 is 1.32. The maximum atomic E-state index is 11.8. The van der Waals surface area contributed by atoms with Gasteiger partial charge < -0.3 is 15.4 Å². The topological polar surface area (TPSA) is 72.6 Å². The lowest BCUT2D eigenvalue weighted by molar-refractivity contribution is -0.141. The highest BCUT2D eigenvalue weighted by Gasteiger charge is 2.17. The summed E-state index contributed by atoms with van der Waals surface area (Å²) in [6, 6.07) is 1.62. The molecular formula is C10H14N2O3S. The van der Waals surface area contributed by atoms with Gasteiger partial charge in [0.25, 0.3) is 5.91 Å². The molecule has 1 aromatic heterocycles. The fourth-order valence-electron chi connectivity index (χ4n) is 1.12. The van der Waals surface area contributed by atoms with E-state index in [1.807, 2.05) is 6.92 Å². The standard InChI is InChI=1S/C10H14N2O3S/c1-6-7(11)4-8(16-6)10(14)12(2)5-9(13)15-3/h4H,5,11H2,1-3H3. The average molecular weight is 242 g/mol. The van der Waals surface area contributed by atoms with Crippen LogP contribution in [0.3, 0.4) is 0 Å². The Morgan fingerprint density at radius 3 is 2.62 bits per heavy atom. The van der Waals surface area contributed by atoms with Crippen LogP contribution in [0.15, 0.2) is 6.07 Å². The summed E-state index contributed by atoms with van der Waals surface area (Å²) in [6.45, 7) is 1.78. The minimum Gasteiger partial charge on any atom is -0.468 e. The second-order valence-electron chi connectivity index (χ2n) is 3.36. The predicted octanol–water partition coefficient (Wildman–Crippen LogP) is 0.884. The number of ether oxygens (including phenoxy) is 1. The number of rotatable bonds is 3. The molecule has 0 aliphatic heterocycles. The second kappa shape index (κ2) is 4.98. The van der Waals surface area contributed by atoms with E-state index in [0.29, 0.717) is 10.6 Å². The second-order valence-corrected chi connectivity index (χ2v) is 4.62. The van der Waals surface area contributed by atoms with Crippen molar-refractivity contribution in [2.24, 2.45) is 0 Å². The van der Waals surface area contributed by atoms with Gasteiger partial charge in [0.2, 0.25) is 0 Å². The molecule has 88 valence electrons. The number of amides is 1. The van der Waals surface area contributed by atoms with Gasteiger partial charge in [0.1, 0.15) is 6.54 Å². The SMILES string of the molecule is COC(=O)CN(C)C(=O)c1cc(N)c(C)s1. The number of hydrogen-bond acceptors (Lipinski definition) is 5. The van der Waals surface area contributed by atoms with Gasteiger partial charge >= 0.3 is 5.97 Å². The van der Waals surface area contributed by atoms with Crippen molar-refractivity contribution in [1.29, 1.82) is 0 Å². The summed E-state index contributed by atoms with van der Waals surface area (Å²) in [5.41, 5.74) is 6.25. The Hall–Kier alpha value is -1.56. The van der Waals surface area contributed by atoms with E-state index >= 15 is 0 Å². The fourth-order valence-corrected chi connectivity index (χ4v) is 2.06. The maximum Gasteiger partial charge on any atom is 0.325 e. The Kier molecular flexibility index (Phi) is 3.89. The highest BCUT2D eigenvalue weighted by Crippen LogP contribution is 2.24. The molecular weight excluding hydrogens is 228 g/mol. The molecule has 0 saturated heterocycles. The van der Waals surface area contributed by atoms with Crippen LogP contribution in [-0.2, 0) is 9.53 Å². The van der Waals surface area contributed by atoms with Gasteiger partial charge in [-0.05, 0) is 13.0 Å². The molecule has 0 aliphatic rings. The van der Waals surface area contributed by atoms with Gasteiger partial charge in [-0.25, -0.2) is 0 Å². The Morgan fingerprint density at radius 2 is 2.19 bits per heavy atom. The van der Waals surface area contributed by atoms with Crippen molar-refractivity contribution in [2.75, 3.05) is 26.4 Å². The Balaban J connectivity index is 2.74. The summed E-state index contributed by atoms with van der Waals surface area (Å²) in [6.07, 6.45) is 0. The number of thiophene rings is 1. The molecule has 0 atom stereocenters. The van der Waals surface area contributed by atoms with Crippen LogP contribution >= 0.6 is 11.3 Å². The first-order chi connectivity index (χ1) is 7.45. The number of methoxy groups -OCH3 is 1. The van der Waals surface area contributed by atoms with Crippen molar-refractivity contribution < 1.29 is 14.3 Å². The Labute approximate surface area is 97.8 Å². The summed E-state index contributed by atoms with van der Waals surface area (Å²) in [7, 11) is 2.83. The number of carbonyl (C=O) groups is 2. The lowest BCUT2D eigenvalue weighted by Gasteiger charge is -2.13. The minimum atomic E-state index is -0.447. The third kappa shape index (κ3) is 2.73. The molecule has 0 saturated carbocycles. The summed E-state index contributed by atoms with van der Waals surface area (Å²) in [5, 5.41) is 0. The minimum absolute atomic E-state index is 0.0633. The average Bonchev–Trinajstić information content (AvgIpc) is 2.57. The number of nitrogen functional groups attached to an aromatic ring is 1. The third-order valence-corrected chi connectivity index (χ3v) is 3.16. The molecule has 0 spiro atoms. The van der Waals surface area contributed by atoms with E-state index in [0.717, 1.165) is 4.88 Å². The smallest absolute Gasteiger partial charge is 0.325 e. The lowest BCUT2D eigenvalue weighted by atomic mass is 10.3. The highest BCUT2D eigenvalue weighted by molar-refractivity contribution is 7.14. The zero-order chi connectivity index (χ0) is 12.3. The molecule has 1 aromatic rings. The van der Waals surface area contributed by atoms with E-state index < -0.39 is 5.97 Å². The van der Waals surface area contributed by atoms with E-state index in [-0.39, 0.29) is 12.5 Å². The van der Waals surface area contributed by atoms with Gasteiger partial charge in [0.05, 0.1) is 12.0 Å². The number of likely N-dealkylation sites (N-methyl/N-ethyl adjacent to an activating group) is 1. The van der Waals surface area contributed by atoms with Crippen molar-refractivity contribution >= 4 is 28.9 Å². The van der Waals surface area contributed by atoms with E-state index in [9.17, 15) is 9.59 Å². The van der Waals surface area contributed by atoms with Gasteiger partial charge in [0, 0.05) is 17.6 Å². The summed E-state index contributed by atoms with van der Waals surface area (Å²) in [4.78, 5) is 25.6. The van der Waals surface area contributed by atoms with Crippen molar-refractivity contribution in [3.63, 3.8) is 0 Å². The number of carbonyl (C=O) groups excluding carboxylic acids is 2.